The number of rotatable bonds is 2. The monoisotopic (exact) mass is 185 g/mol. The summed E-state index contributed by atoms with van der Waals surface area (Å²) in [7, 11) is 1.78. The molecule has 0 aromatic heterocycles. The molecule has 0 bridgehead atoms. The second-order valence-corrected chi connectivity index (χ2v) is 3.42. The summed E-state index contributed by atoms with van der Waals surface area (Å²) in [6, 6.07) is 0. The Morgan fingerprint density at radius 3 is 2.75 bits per heavy atom. The van der Waals surface area contributed by atoms with E-state index in [0.717, 1.165) is 0 Å². The van der Waals surface area contributed by atoms with Gasteiger partial charge in [0.1, 0.15) is 0 Å². The molecule has 0 unspecified atom stereocenters. The summed E-state index contributed by atoms with van der Waals surface area (Å²) in [5.41, 5.74) is 2.75. The Labute approximate surface area is 78.6 Å². The van der Waals surface area contributed by atoms with E-state index < -0.39 is 0 Å². The largest absolute Gasteiger partial charge is 0.364 e. The highest BCUT2D eigenvalue weighted by molar-refractivity contribution is 7.80. The van der Waals surface area contributed by atoms with E-state index in [1.165, 1.54) is 25.7 Å². The van der Waals surface area contributed by atoms with Crippen LogP contribution in [-0.4, -0.2) is 18.4 Å². The lowest BCUT2D eigenvalue weighted by Crippen LogP contribution is -2.28. The Hall–Kier alpha value is -0.640. The molecule has 0 aromatic rings. The maximum absolute atomic E-state index is 4.86. The van der Waals surface area contributed by atoms with Crippen LogP contribution >= 0.6 is 12.2 Å². The zero-order valence-electron chi connectivity index (χ0n) is 7.34. The molecule has 0 radical (unpaired) electrons. The lowest BCUT2D eigenvalue weighted by molar-refractivity contribution is 0.737. The van der Waals surface area contributed by atoms with Crippen molar-refractivity contribution in [3.63, 3.8) is 0 Å². The molecule has 1 rings (SSSR count). The lowest BCUT2D eigenvalue weighted by Gasteiger charge is -2.02. The molecular formula is C8H15N3S. The second kappa shape index (κ2) is 5.09. The summed E-state index contributed by atoms with van der Waals surface area (Å²) in [6.45, 7) is 0. The molecule has 4 heteroatoms. The Balaban J connectivity index is 2.16. The van der Waals surface area contributed by atoms with E-state index in [-0.39, 0.29) is 0 Å². The first kappa shape index (κ1) is 9.45. The van der Waals surface area contributed by atoms with Gasteiger partial charge in [-0.15, -0.1) is 0 Å². The van der Waals surface area contributed by atoms with E-state index >= 15 is 0 Å². The highest BCUT2D eigenvalue weighted by Gasteiger charge is 2.11. The molecule has 0 aliphatic heterocycles. The number of nitrogens with one attached hydrogen (secondary N) is 2. The van der Waals surface area contributed by atoms with E-state index in [4.69, 9.17) is 12.2 Å². The SMILES string of the molecule is CNC(=S)N/N=C/C1CCCC1. The van der Waals surface area contributed by atoms with Gasteiger partial charge in [0.2, 0.25) is 0 Å². The predicted octanol–water partition coefficient (Wildman–Crippen LogP) is 1.26. The smallest absolute Gasteiger partial charge is 0.186 e. The summed E-state index contributed by atoms with van der Waals surface area (Å²) in [5, 5.41) is 7.42. The summed E-state index contributed by atoms with van der Waals surface area (Å²) < 4.78 is 0. The molecule has 0 saturated heterocycles. The Bertz CT molecular complexity index is 173. The fraction of sp³-hybridized carbons (Fsp3) is 0.750. The predicted molar refractivity (Wildman–Crippen MR) is 55.2 cm³/mol. The van der Waals surface area contributed by atoms with E-state index in [2.05, 4.69) is 15.8 Å². The quantitative estimate of drug-likeness (QED) is 0.386. The number of hydrogen-bond donors (Lipinski definition) is 2. The maximum atomic E-state index is 4.86. The van der Waals surface area contributed by atoms with Crippen molar-refractivity contribution in [3.8, 4) is 0 Å². The molecule has 1 aliphatic carbocycles. The summed E-state index contributed by atoms with van der Waals surface area (Å²) in [4.78, 5) is 0. The van der Waals surface area contributed by atoms with Crippen LogP contribution in [0.1, 0.15) is 25.7 Å². The Morgan fingerprint density at radius 1 is 1.50 bits per heavy atom. The van der Waals surface area contributed by atoms with Crippen LogP contribution in [0.25, 0.3) is 0 Å². The van der Waals surface area contributed by atoms with Crippen molar-refractivity contribution in [1.82, 2.24) is 10.7 Å². The van der Waals surface area contributed by atoms with Crippen molar-refractivity contribution in [2.24, 2.45) is 11.0 Å². The van der Waals surface area contributed by atoms with E-state index in [9.17, 15) is 0 Å². The van der Waals surface area contributed by atoms with Gasteiger partial charge < -0.3 is 5.32 Å². The van der Waals surface area contributed by atoms with Gasteiger partial charge in [0.25, 0.3) is 0 Å². The van der Waals surface area contributed by atoms with Gasteiger partial charge in [-0.1, -0.05) is 12.8 Å². The highest BCUT2D eigenvalue weighted by atomic mass is 32.1. The van der Waals surface area contributed by atoms with E-state index in [1.807, 2.05) is 6.21 Å². The van der Waals surface area contributed by atoms with Crippen LogP contribution in [-0.2, 0) is 0 Å². The fourth-order valence-electron chi connectivity index (χ4n) is 1.36. The van der Waals surface area contributed by atoms with Gasteiger partial charge in [-0.2, -0.15) is 5.10 Å². The van der Waals surface area contributed by atoms with Crippen LogP contribution in [0.3, 0.4) is 0 Å². The van der Waals surface area contributed by atoms with Gasteiger partial charge in [-0.25, -0.2) is 0 Å². The third kappa shape index (κ3) is 3.17. The molecule has 12 heavy (non-hydrogen) atoms. The van der Waals surface area contributed by atoms with Gasteiger partial charge in [-0.3, -0.25) is 5.43 Å². The van der Waals surface area contributed by atoms with Crippen LogP contribution in [0.4, 0.5) is 0 Å². The first-order valence-corrected chi connectivity index (χ1v) is 4.74. The highest BCUT2D eigenvalue weighted by Crippen LogP contribution is 2.22. The standard InChI is InChI=1S/C8H15N3S/c1-9-8(12)11-10-6-7-4-2-3-5-7/h6-7H,2-5H2,1H3,(H2,9,11,12)/b10-6+. The number of hydrazone groups is 1. The molecular weight excluding hydrogens is 170 g/mol. The molecule has 0 atom stereocenters. The normalized spacial score (nSPS) is 18.4. The topological polar surface area (TPSA) is 36.4 Å². The van der Waals surface area contributed by atoms with Crippen molar-refractivity contribution < 1.29 is 0 Å². The first-order valence-electron chi connectivity index (χ1n) is 4.34. The molecule has 3 nitrogen and oxygen atoms in total. The van der Waals surface area contributed by atoms with Crippen LogP contribution < -0.4 is 10.7 Å². The Morgan fingerprint density at radius 2 is 2.17 bits per heavy atom. The third-order valence-electron chi connectivity index (χ3n) is 2.08. The zero-order valence-corrected chi connectivity index (χ0v) is 8.16. The van der Waals surface area contributed by atoms with Crippen LogP contribution in [0.2, 0.25) is 0 Å². The zero-order chi connectivity index (χ0) is 8.81. The van der Waals surface area contributed by atoms with Gasteiger partial charge in [0.05, 0.1) is 0 Å². The van der Waals surface area contributed by atoms with Crippen molar-refractivity contribution in [1.29, 1.82) is 0 Å². The average molecular weight is 185 g/mol. The lowest BCUT2D eigenvalue weighted by atomic mass is 10.1. The minimum Gasteiger partial charge on any atom is -0.364 e. The molecule has 68 valence electrons. The summed E-state index contributed by atoms with van der Waals surface area (Å²) in [6.07, 6.45) is 7.20. The number of thiocarbonyl (C=S) groups is 1. The fourth-order valence-corrected chi connectivity index (χ4v) is 1.42. The molecule has 0 aromatic carbocycles. The van der Waals surface area contributed by atoms with E-state index in [1.54, 1.807) is 7.05 Å². The van der Waals surface area contributed by atoms with Gasteiger partial charge in [0.15, 0.2) is 5.11 Å². The number of nitrogens with zero attached hydrogens (tertiary/aromatic N) is 1. The summed E-state index contributed by atoms with van der Waals surface area (Å²) in [5.74, 6) is 0.664. The molecule has 1 fully saturated rings. The maximum Gasteiger partial charge on any atom is 0.186 e. The molecule has 0 amide bonds. The second-order valence-electron chi connectivity index (χ2n) is 3.01. The molecule has 2 N–H and O–H groups in total. The average Bonchev–Trinajstić information content (AvgIpc) is 2.57. The molecule has 1 saturated carbocycles. The first-order chi connectivity index (χ1) is 5.83. The minimum absolute atomic E-state index is 0.573. The van der Waals surface area contributed by atoms with Crippen LogP contribution in [0.5, 0.6) is 0 Å². The summed E-state index contributed by atoms with van der Waals surface area (Å²) >= 11 is 4.86. The van der Waals surface area contributed by atoms with Crippen molar-refractivity contribution in [2.45, 2.75) is 25.7 Å². The number of hydrogen-bond acceptors (Lipinski definition) is 2. The minimum atomic E-state index is 0.573. The van der Waals surface area contributed by atoms with Gasteiger partial charge in [0, 0.05) is 13.3 Å². The van der Waals surface area contributed by atoms with Gasteiger partial charge >= 0.3 is 0 Å². The van der Waals surface area contributed by atoms with Crippen molar-refractivity contribution >= 4 is 23.5 Å². The van der Waals surface area contributed by atoms with Crippen molar-refractivity contribution in [3.05, 3.63) is 0 Å². The molecule has 0 heterocycles. The van der Waals surface area contributed by atoms with Crippen molar-refractivity contribution in [2.75, 3.05) is 7.05 Å². The Kier molecular flexibility index (Phi) is 4.00. The van der Waals surface area contributed by atoms with Crippen LogP contribution in [0.15, 0.2) is 5.10 Å². The van der Waals surface area contributed by atoms with Gasteiger partial charge in [-0.05, 0) is 31.0 Å². The van der Waals surface area contributed by atoms with E-state index in [0.29, 0.717) is 11.0 Å². The molecule has 1 aliphatic rings. The van der Waals surface area contributed by atoms with Crippen LogP contribution in [0, 0.1) is 5.92 Å². The third-order valence-corrected chi connectivity index (χ3v) is 2.37. The molecule has 0 spiro atoms.